The number of thioether (sulfide) groups is 1. The van der Waals surface area contributed by atoms with E-state index in [0.29, 0.717) is 30.7 Å². The number of carbonyl (C=O) groups is 3. The van der Waals surface area contributed by atoms with E-state index in [1.807, 2.05) is 6.92 Å². The van der Waals surface area contributed by atoms with Crippen LogP contribution >= 0.6 is 11.8 Å². The van der Waals surface area contributed by atoms with Gasteiger partial charge in [0.25, 0.3) is 0 Å². The molecule has 8 nitrogen and oxygen atoms in total. The lowest BCUT2D eigenvalue weighted by molar-refractivity contribution is -0.176. The van der Waals surface area contributed by atoms with Crippen LogP contribution in [0.2, 0.25) is 0 Å². The molecule has 0 aliphatic carbocycles. The Labute approximate surface area is 163 Å². The molecule has 1 unspecified atom stereocenters. The van der Waals surface area contributed by atoms with Crippen LogP contribution in [0, 0.1) is 5.92 Å². The molecule has 150 valence electrons. The zero-order valence-electron chi connectivity index (χ0n) is 16.1. The normalized spacial score (nSPS) is 33.7. The summed E-state index contributed by atoms with van der Waals surface area (Å²) < 4.78 is 0. The average Bonchev–Trinajstić information content (AvgIpc) is 3.14. The molecule has 0 aromatic rings. The van der Waals surface area contributed by atoms with Crippen LogP contribution in [0.25, 0.3) is 0 Å². The predicted octanol–water partition coefficient (Wildman–Crippen LogP) is 0.226. The Morgan fingerprint density at radius 3 is 2.63 bits per heavy atom. The summed E-state index contributed by atoms with van der Waals surface area (Å²) in [5.41, 5.74) is -0.599. The first-order chi connectivity index (χ1) is 12.6. The number of aliphatic carboxylic acids is 1. The largest absolute Gasteiger partial charge is 0.477 e. The van der Waals surface area contributed by atoms with E-state index in [0.717, 1.165) is 0 Å². The SMILES string of the molecule is CCC12CC(S[C@@H]3CN[C@H](C(=O)N(C)C)C3)=C(C(=O)O)N1C(=O)[C@@H]2[C@@H](C)O. The molecule has 0 aromatic heterocycles. The van der Waals surface area contributed by atoms with Crippen molar-refractivity contribution in [3.63, 3.8) is 0 Å². The molecule has 2 fully saturated rings. The molecule has 0 aromatic carbocycles. The highest BCUT2D eigenvalue weighted by Gasteiger charge is 2.66. The number of aliphatic hydroxyl groups is 1. The number of β-lactam (4-membered cyclic amide) rings is 1. The van der Waals surface area contributed by atoms with E-state index in [9.17, 15) is 24.6 Å². The molecule has 5 atom stereocenters. The molecule has 0 radical (unpaired) electrons. The van der Waals surface area contributed by atoms with Gasteiger partial charge in [0, 0.05) is 37.2 Å². The molecule has 3 N–H and O–H groups in total. The Morgan fingerprint density at radius 2 is 2.11 bits per heavy atom. The maximum atomic E-state index is 12.6. The quantitative estimate of drug-likeness (QED) is 0.550. The monoisotopic (exact) mass is 397 g/mol. The van der Waals surface area contributed by atoms with Crippen LogP contribution in [0.3, 0.4) is 0 Å². The molecular formula is C18H27N3O5S. The molecule has 2 saturated heterocycles. The number of hydrogen-bond donors (Lipinski definition) is 3. The lowest BCUT2D eigenvalue weighted by atomic mass is 9.68. The molecule has 2 amide bonds. The average molecular weight is 397 g/mol. The van der Waals surface area contributed by atoms with Crippen molar-refractivity contribution in [2.24, 2.45) is 5.92 Å². The number of carboxylic acid groups (broad SMARTS) is 1. The molecule has 3 rings (SSSR count). The minimum atomic E-state index is -1.11. The first-order valence-corrected chi connectivity index (χ1v) is 10.1. The minimum Gasteiger partial charge on any atom is -0.477 e. The number of aliphatic hydroxyl groups excluding tert-OH is 1. The van der Waals surface area contributed by atoms with Crippen molar-refractivity contribution in [3.05, 3.63) is 10.6 Å². The number of rotatable bonds is 6. The van der Waals surface area contributed by atoms with E-state index < -0.39 is 23.5 Å². The highest BCUT2D eigenvalue weighted by molar-refractivity contribution is 8.03. The standard InChI is InChI=1S/C18H27N3O5S/c1-5-18-7-12(27-10-6-11(19-8-10)15(23)20(3)4)14(17(25)26)21(18)16(24)13(18)9(2)22/h9-11,13,19,22H,5-8H2,1-4H3,(H,25,26)/t9-,10+,11+,13+,18?/m1/s1. The van der Waals surface area contributed by atoms with Gasteiger partial charge in [-0.1, -0.05) is 6.92 Å². The molecule has 0 bridgehead atoms. The van der Waals surface area contributed by atoms with E-state index >= 15 is 0 Å². The summed E-state index contributed by atoms with van der Waals surface area (Å²) >= 11 is 1.45. The van der Waals surface area contributed by atoms with Gasteiger partial charge in [0.2, 0.25) is 11.8 Å². The molecular weight excluding hydrogens is 370 g/mol. The van der Waals surface area contributed by atoms with Crippen LogP contribution in [0.15, 0.2) is 10.6 Å². The highest BCUT2D eigenvalue weighted by atomic mass is 32.2. The Hall–Kier alpha value is -1.58. The number of carboxylic acids is 1. The zero-order valence-corrected chi connectivity index (χ0v) is 16.9. The number of nitrogens with one attached hydrogen (secondary N) is 1. The van der Waals surface area contributed by atoms with Gasteiger partial charge in [-0.25, -0.2) is 4.79 Å². The maximum Gasteiger partial charge on any atom is 0.353 e. The maximum absolute atomic E-state index is 12.6. The summed E-state index contributed by atoms with van der Waals surface area (Å²) in [5.74, 6) is -1.99. The van der Waals surface area contributed by atoms with Crippen LogP contribution in [-0.4, -0.2) is 81.4 Å². The number of amides is 2. The van der Waals surface area contributed by atoms with Gasteiger partial charge >= 0.3 is 5.97 Å². The van der Waals surface area contributed by atoms with Crippen molar-refractivity contribution < 1.29 is 24.6 Å². The van der Waals surface area contributed by atoms with Crippen LogP contribution < -0.4 is 5.32 Å². The van der Waals surface area contributed by atoms with Crippen molar-refractivity contribution >= 4 is 29.5 Å². The fourth-order valence-electron chi connectivity index (χ4n) is 4.63. The molecule has 3 aliphatic heterocycles. The van der Waals surface area contributed by atoms with Gasteiger partial charge in [0.1, 0.15) is 5.70 Å². The van der Waals surface area contributed by atoms with Gasteiger partial charge in [-0.3, -0.25) is 14.5 Å². The van der Waals surface area contributed by atoms with Crippen LogP contribution in [0.4, 0.5) is 0 Å². The second kappa shape index (κ2) is 7.10. The number of nitrogens with zero attached hydrogens (tertiary/aromatic N) is 2. The number of likely N-dealkylation sites (N-methyl/N-ethyl adjacent to an activating group) is 1. The molecule has 3 heterocycles. The van der Waals surface area contributed by atoms with Gasteiger partial charge in [-0.05, 0) is 19.8 Å². The third-order valence-electron chi connectivity index (χ3n) is 5.90. The zero-order chi connectivity index (χ0) is 20.1. The van der Waals surface area contributed by atoms with Crippen molar-refractivity contribution in [2.45, 2.75) is 56.0 Å². The van der Waals surface area contributed by atoms with Crippen LogP contribution in [0.1, 0.15) is 33.1 Å². The van der Waals surface area contributed by atoms with Crippen molar-refractivity contribution in [2.75, 3.05) is 20.6 Å². The van der Waals surface area contributed by atoms with E-state index in [4.69, 9.17) is 0 Å². The second-order valence-electron chi connectivity index (χ2n) is 7.77. The molecule has 0 saturated carbocycles. The lowest BCUT2D eigenvalue weighted by Gasteiger charge is -2.55. The summed E-state index contributed by atoms with van der Waals surface area (Å²) in [7, 11) is 3.43. The minimum absolute atomic E-state index is 0.00940. The van der Waals surface area contributed by atoms with E-state index in [1.54, 1.807) is 25.9 Å². The van der Waals surface area contributed by atoms with Gasteiger partial charge in [-0.2, -0.15) is 0 Å². The molecule has 27 heavy (non-hydrogen) atoms. The van der Waals surface area contributed by atoms with Crippen molar-refractivity contribution in [1.29, 1.82) is 0 Å². The summed E-state index contributed by atoms with van der Waals surface area (Å²) in [6, 6.07) is -0.267. The van der Waals surface area contributed by atoms with E-state index in [1.165, 1.54) is 16.7 Å². The fourth-order valence-corrected chi connectivity index (χ4v) is 6.13. The summed E-state index contributed by atoms with van der Waals surface area (Å²) in [5, 5.41) is 23.1. The van der Waals surface area contributed by atoms with Crippen molar-refractivity contribution in [3.8, 4) is 0 Å². The summed E-state index contributed by atoms with van der Waals surface area (Å²) in [4.78, 5) is 40.2. The van der Waals surface area contributed by atoms with Crippen LogP contribution in [0.5, 0.6) is 0 Å². The van der Waals surface area contributed by atoms with Gasteiger partial charge in [0.15, 0.2) is 0 Å². The number of carbonyl (C=O) groups excluding carboxylic acids is 2. The number of fused-ring (bicyclic) bond motifs is 1. The third kappa shape index (κ3) is 3.05. The predicted molar refractivity (Wildman–Crippen MR) is 101 cm³/mol. The van der Waals surface area contributed by atoms with Crippen LogP contribution in [-0.2, 0) is 14.4 Å². The van der Waals surface area contributed by atoms with Crippen molar-refractivity contribution in [1.82, 2.24) is 15.1 Å². The molecule has 3 aliphatic rings. The first-order valence-electron chi connectivity index (χ1n) is 9.23. The second-order valence-corrected chi connectivity index (χ2v) is 9.17. The van der Waals surface area contributed by atoms with Gasteiger partial charge in [-0.15, -0.1) is 11.8 Å². The topological polar surface area (TPSA) is 110 Å². The summed E-state index contributed by atoms with van der Waals surface area (Å²) in [6.07, 6.45) is 0.827. The molecule has 9 heteroatoms. The third-order valence-corrected chi connectivity index (χ3v) is 7.22. The highest BCUT2D eigenvalue weighted by Crippen LogP contribution is 2.57. The Morgan fingerprint density at radius 1 is 1.44 bits per heavy atom. The van der Waals surface area contributed by atoms with Gasteiger partial charge < -0.3 is 20.4 Å². The van der Waals surface area contributed by atoms with E-state index in [-0.39, 0.29) is 28.8 Å². The summed E-state index contributed by atoms with van der Waals surface area (Å²) in [6.45, 7) is 4.12. The fraction of sp³-hybridized carbons (Fsp3) is 0.722. The Kier molecular flexibility index (Phi) is 5.31. The Bertz CT molecular complexity index is 707. The van der Waals surface area contributed by atoms with Gasteiger partial charge in [0.05, 0.1) is 23.6 Å². The lowest BCUT2D eigenvalue weighted by Crippen LogP contribution is -2.71. The first kappa shape index (κ1) is 20.2. The Balaban J connectivity index is 1.81. The van der Waals surface area contributed by atoms with E-state index in [2.05, 4.69) is 5.32 Å². The molecule has 0 spiro atoms. The smallest absolute Gasteiger partial charge is 0.353 e. The number of hydrogen-bond acceptors (Lipinski definition) is 6.